The van der Waals surface area contributed by atoms with E-state index in [1.807, 2.05) is 0 Å². The quantitative estimate of drug-likeness (QED) is 0.593. The van der Waals surface area contributed by atoms with Crippen molar-refractivity contribution in [1.29, 1.82) is 0 Å². The Balaban J connectivity index is 1.78. The van der Waals surface area contributed by atoms with Crippen molar-refractivity contribution < 1.29 is 9.84 Å². The molecule has 0 aromatic rings. The Morgan fingerprint density at radius 2 is 2.36 bits per heavy atom. The first kappa shape index (κ1) is 7.53. The van der Waals surface area contributed by atoms with E-state index >= 15 is 0 Å². The fourth-order valence-corrected chi connectivity index (χ4v) is 2.19. The topological polar surface area (TPSA) is 41.5 Å². The molecule has 1 aliphatic heterocycles. The first-order valence-electron chi connectivity index (χ1n) is 4.36. The minimum Gasteiger partial charge on any atom is -0.394 e. The molecule has 2 bridgehead atoms. The Kier molecular flexibility index (Phi) is 2.11. The summed E-state index contributed by atoms with van der Waals surface area (Å²) < 4.78 is 5.50. The maximum absolute atomic E-state index is 8.56. The Bertz CT molecular complexity index is 140. The maximum Gasteiger partial charge on any atom is 0.0701 e. The highest BCUT2D eigenvalue weighted by atomic mass is 16.5. The summed E-state index contributed by atoms with van der Waals surface area (Å²) in [4.78, 5) is 0. The zero-order valence-electron chi connectivity index (χ0n) is 6.62. The van der Waals surface area contributed by atoms with Crippen LogP contribution < -0.4 is 5.32 Å². The lowest BCUT2D eigenvalue weighted by molar-refractivity contribution is 0.00240. The molecule has 11 heavy (non-hydrogen) atoms. The van der Waals surface area contributed by atoms with Gasteiger partial charge in [0.25, 0.3) is 0 Å². The predicted molar refractivity (Wildman–Crippen MR) is 41.3 cm³/mol. The van der Waals surface area contributed by atoms with E-state index in [9.17, 15) is 0 Å². The predicted octanol–water partition coefficient (Wildman–Crippen LogP) is -0.254. The molecular formula is C8H15NO2. The van der Waals surface area contributed by atoms with Gasteiger partial charge in [-0.1, -0.05) is 0 Å². The van der Waals surface area contributed by atoms with Gasteiger partial charge in [0.05, 0.1) is 19.3 Å². The minimum absolute atomic E-state index is 0.154. The van der Waals surface area contributed by atoms with Crippen molar-refractivity contribution in [3.8, 4) is 0 Å². The number of nitrogens with one attached hydrogen (secondary N) is 1. The highest BCUT2D eigenvalue weighted by Crippen LogP contribution is 2.33. The van der Waals surface area contributed by atoms with Gasteiger partial charge in [-0.3, -0.25) is 0 Å². The number of ether oxygens (including phenoxy) is 1. The van der Waals surface area contributed by atoms with Gasteiger partial charge in [-0.25, -0.2) is 0 Å². The molecule has 2 N–H and O–H groups in total. The Labute approximate surface area is 66.7 Å². The van der Waals surface area contributed by atoms with Gasteiger partial charge < -0.3 is 15.2 Å². The molecule has 0 spiro atoms. The van der Waals surface area contributed by atoms with Crippen LogP contribution in [0.3, 0.4) is 0 Å². The number of aliphatic hydroxyl groups is 1. The second-order valence-corrected chi connectivity index (χ2v) is 3.47. The molecule has 64 valence electrons. The summed E-state index contributed by atoms with van der Waals surface area (Å²) in [7, 11) is 0. The van der Waals surface area contributed by atoms with E-state index in [4.69, 9.17) is 9.84 Å². The largest absolute Gasteiger partial charge is 0.394 e. The number of fused-ring (bicyclic) bond motifs is 2. The molecule has 0 amide bonds. The molecule has 0 aromatic heterocycles. The van der Waals surface area contributed by atoms with Crippen LogP contribution in [0.1, 0.15) is 12.8 Å². The molecule has 1 saturated heterocycles. The third-order valence-corrected chi connectivity index (χ3v) is 2.72. The van der Waals surface area contributed by atoms with Crippen LogP contribution >= 0.6 is 0 Å². The van der Waals surface area contributed by atoms with Gasteiger partial charge in [0, 0.05) is 12.6 Å². The van der Waals surface area contributed by atoms with Gasteiger partial charge in [-0.15, -0.1) is 0 Å². The lowest BCUT2D eigenvalue weighted by Gasteiger charge is -2.22. The van der Waals surface area contributed by atoms with Crippen LogP contribution in [-0.2, 0) is 4.74 Å². The van der Waals surface area contributed by atoms with Crippen LogP contribution in [0.4, 0.5) is 0 Å². The third kappa shape index (κ3) is 1.41. The molecule has 3 nitrogen and oxygen atoms in total. The van der Waals surface area contributed by atoms with Crippen LogP contribution in [0.15, 0.2) is 0 Å². The molecule has 2 aliphatic rings. The average molecular weight is 157 g/mol. The van der Waals surface area contributed by atoms with Crippen molar-refractivity contribution in [2.75, 3.05) is 19.8 Å². The molecule has 0 unspecified atom stereocenters. The number of aliphatic hydroxyl groups excluding tert-OH is 1. The summed E-state index contributed by atoms with van der Waals surface area (Å²) in [5.41, 5.74) is 0. The molecule has 1 aliphatic carbocycles. The van der Waals surface area contributed by atoms with Crippen LogP contribution in [0, 0.1) is 5.92 Å². The Hall–Kier alpha value is -0.120. The fraction of sp³-hybridized carbons (Fsp3) is 1.00. The van der Waals surface area contributed by atoms with Crippen LogP contribution in [-0.4, -0.2) is 37.0 Å². The fourth-order valence-electron chi connectivity index (χ4n) is 2.19. The summed E-state index contributed by atoms with van der Waals surface area (Å²) in [6.45, 7) is 1.77. The number of hydrogen-bond acceptors (Lipinski definition) is 3. The van der Waals surface area contributed by atoms with Crippen molar-refractivity contribution in [2.45, 2.75) is 25.0 Å². The van der Waals surface area contributed by atoms with Gasteiger partial charge in [-0.2, -0.15) is 0 Å². The summed E-state index contributed by atoms with van der Waals surface area (Å²) in [5, 5.41) is 12.0. The van der Waals surface area contributed by atoms with Gasteiger partial charge in [0.2, 0.25) is 0 Å². The first-order chi connectivity index (χ1) is 5.40. The van der Waals surface area contributed by atoms with E-state index < -0.39 is 0 Å². The van der Waals surface area contributed by atoms with Crippen molar-refractivity contribution in [2.24, 2.45) is 5.92 Å². The second kappa shape index (κ2) is 3.09. The van der Waals surface area contributed by atoms with Crippen molar-refractivity contribution in [1.82, 2.24) is 5.32 Å². The van der Waals surface area contributed by atoms with Gasteiger partial charge >= 0.3 is 0 Å². The molecule has 3 atom stereocenters. The van der Waals surface area contributed by atoms with Gasteiger partial charge in [0.15, 0.2) is 0 Å². The maximum atomic E-state index is 8.56. The molecule has 0 aromatic carbocycles. The van der Waals surface area contributed by atoms with Crippen molar-refractivity contribution in [3.05, 3.63) is 0 Å². The SMILES string of the molecule is OCCO[C@@H]1C[C@H]2C[C@H]1CN2. The number of piperidine rings is 1. The second-order valence-electron chi connectivity index (χ2n) is 3.47. The van der Waals surface area contributed by atoms with E-state index in [2.05, 4.69) is 5.32 Å². The zero-order chi connectivity index (χ0) is 7.68. The van der Waals surface area contributed by atoms with Crippen LogP contribution in [0.25, 0.3) is 0 Å². The molecule has 0 radical (unpaired) electrons. The van der Waals surface area contributed by atoms with E-state index in [0.29, 0.717) is 24.7 Å². The van der Waals surface area contributed by atoms with E-state index in [-0.39, 0.29) is 6.61 Å². The Morgan fingerprint density at radius 3 is 2.91 bits per heavy atom. The smallest absolute Gasteiger partial charge is 0.0701 e. The summed E-state index contributed by atoms with van der Waals surface area (Å²) >= 11 is 0. The van der Waals surface area contributed by atoms with Gasteiger partial charge in [-0.05, 0) is 18.8 Å². The van der Waals surface area contributed by atoms with Crippen LogP contribution in [0.2, 0.25) is 0 Å². The minimum atomic E-state index is 0.154. The molecule has 1 saturated carbocycles. The highest BCUT2D eigenvalue weighted by Gasteiger charge is 2.39. The monoisotopic (exact) mass is 157 g/mol. The first-order valence-corrected chi connectivity index (χ1v) is 4.36. The van der Waals surface area contributed by atoms with Gasteiger partial charge in [0.1, 0.15) is 0 Å². The standard InChI is InChI=1S/C8H15NO2/c10-1-2-11-8-4-7-3-6(8)5-9-7/h6-10H,1-5H2/t6-,7+,8+/m0/s1. The third-order valence-electron chi connectivity index (χ3n) is 2.72. The summed E-state index contributed by atoms with van der Waals surface area (Å²) in [6, 6.07) is 0.698. The molecule has 2 rings (SSSR count). The molecule has 1 heterocycles. The normalized spacial score (nSPS) is 41.7. The van der Waals surface area contributed by atoms with E-state index in [1.54, 1.807) is 0 Å². The highest BCUT2D eigenvalue weighted by molar-refractivity contribution is 4.95. The summed E-state index contributed by atoms with van der Waals surface area (Å²) in [6.07, 6.45) is 2.84. The Morgan fingerprint density at radius 1 is 1.45 bits per heavy atom. The lowest BCUT2D eigenvalue weighted by Crippen LogP contribution is -2.34. The van der Waals surface area contributed by atoms with Crippen LogP contribution in [0.5, 0.6) is 0 Å². The van der Waals surface area contributed by atoms with E-state index in [0.717, 1.165) is 13.0 Å². The number of hydrogen-bond donors (Lipinski definition) is 2. The molecule has 2 fully saturated rings. The number of rotatable bonds is 3. The van der Waals surface area contributed by atoms with Crippen molar-refractivity contribution in [3.63, 3.8) is 0 Å². The van der Waals surface area contributed by atoms with E-state index in [1.165, 1.54) is 6.42 Å². The average Bonchev–Trinajstić information content (AvgIpc) is 2.60. The lowest BCUT2D eigenvalue weighted by atomic mass is 10.1. The zero-order valence-corrected chi connectivity index (χ0v) is 6.62. The molecule has 3 heteroatoms. The molecular weight excluding hydrogens is 142 g/mol. The van der Waals surface area contributed by atoms with Crippen molar-refractivity contribution >= 4 is 0 Å². The summed E-state index contributed by atoms with van der Waals surface area (Å²) in [5.74, 6) is 0.714.